The maximum absolute atomic E-state index is 10.8. The maximum Gasteiger partial charge on any atom is 0.316 e. The van der Waals surface area contributed by atoms with E-state index in [2.05, 4.69) is 9.97 Å². The Morgan fingerprint density at radius 1 is 1.50 bits per heavy atom. The van der Waals surface area contributed by atoms with Gasteiger partial charge in [0.05, 0.1) is 5.75 Å². The molecular weight excluding hydrogens is 204 g/mol. The molecule has 0 bridgehead atoms. The highest BCUT2D eigenvalue weighted by Crippen LogP contribution is 2.01. The smallest absolute Gasteiger partial charge is 0.316 e. The summed E-state index contributed by atoms with van der Waals surface area (Å²) in [4.78, 5) is 7.80. The highest BCUT2D eigenvalue weighted by atomic mass is 32.2. The summed E-state index contributed by atoms with van der Waals surface area (Å²) in [5, 5.41) is 0. The molecule has 1 heterocycles. The standard InChI is InChI=1S/C8H12N2O3S/c1-7-3-4-9-8(10-7)13-5-6-14(2,11)12/h3-4H,5-6H2,1-2H3. The fraction of sp³-hybridized carbons (Fsp3) is 0.500. The van der Waals surface area contributed by atoms with Crippen LogP contribution in [0.25, 0.3) is 0 Å². The molecule has 1 aromatic rings. The molecule has 0 spiro atoms. The summed E-state index contributed by atoms with van der Waals surface area (Å²) in [6.07, 6.45) is 2.73. The monoisotopic (exact) mass is 216 g/mol. The van der Waals surface area contributed by atoms with Gasteiger partial charge in [-0.25, -0.2) is 18.4 Å². The first kappa shape index (κ1) is 10.9. The largest absolute Gasteiger partial charge is 0.462 e. The molecule has 5 nitrogen and oxygen atoms in total. The molecule has 0 aliphatic heterocycles. The molecule has 1 rings (SSSR count). The van der Waals surface area contributed by atoms with Gasteiger partial charge in [-0.05, 0) is 13.0 Å². The summed E-state index contributed by atoms with van der Waals surface area (Å²) in [7, 11) is -2.98. The zero-order chi connectivity index (χ0) is 10.6. The van der Waals surface area contributed by atoms with E-state index in [-0.39, 0.29) is 18.4 Å². The van der Waals surface area contributed by atoms with Gasteiger partial charge >= 0.3 is 6.01 Å². The van der Waals surface area contributed by atoms with E-state index in [0.717, 1.165) is 11.9 Å². The lowest BCUT2D eigenvalue weighted by Crippen LogP contribution is -2.13. The minimum atomic E-state index is -2.98. The van der Waals surface area contributed by atoms with Gasteiger partial charge in [-0.1, -0.05) is 0 Å². The Balaban J connectivity index is 2.47. The number of hydrogen-bond acceptors (Lipinski definition) is 5. The van der Waals surface area contributed by atoms with Crippen LogP contribution in [0.15, 0.2) is 12.3 Å². The van der Waals surface area contributed by atoms with Gasteiger partial charge in [0.2, 0.25) is 0 Å². The van der Waals surface area contributed by atoms with E-state index in [1.165, 1.54) is 0 Å². The zero-order valence-electron chi connectivity index (χ0n) is 8.10. The molecule has 0 aliphatic carbocycles. The van der Waals surface area contributed by atoms with E-state index in [9.17, 15) is 8.42 Å². The third-order valence-electron chi connectivity index (χ3n) is 1.46. The Morgan fingerprint density at radius 2 is 2.21 bits per heavy atom. The van der Waals surface area contributed by atoms with Crippen LogP contribution in [0.5, 0.6) is 6.01 Å². The van der Waals surface area contributed by atoms with Gasteiger partial charge in [-0.3, -0.25) is 0 Å². The quantitative estimate of drug-likeness (QED) is 0.719. The molecular formula is C8H12N2O3S. The minimum absolute atomic E-state index is 0.0235. The van der Waals surface area contributed by atoms with Crippen molar-refractivity contribution in [3.8, 4) is 6.01 Å². The van der Waals surface area contributed by atoms with Crippen molar-refractivity contribution in [2.45, 2.75) is 6.92 Å². The number of hydrogen-bond donors (Lipinski definition) is 0. The highest BCUT2D eigenvalue weighted by Gasteiger charge is 2.03. The number of aromatic nitrogens is 2. The van der Waals surface area contributed by atoms with E-state index < -0.39 is 9.84 Å². The fourth-order valence-corrected chi connectivity index (χ4v) is 1.17. The van der Waals surface area contributed by atoms with Crippen LogP contribution in [-0.4, -0.2) is 37.0 Å². The number of ether oxygens (including phenoxy) is 1. The second-order valence-corrected chi connectivity index (χ2v) is 5.22. The Morgan fingerprint density at radius 3 is 2.79 bits per heavy atom. The molecule has 0 saturated heterocycles. The van der Waals surface area contributed by atoms with Crippen molar-refractivity contribution in [3.05, 3.63) is 18.0 Å². The Kier molecular flexibility index (Phi) is 3.40. The molecule has 0 unspecified atom stereocenters. The summed E-state index contributed by atoms with van der Waals surface area (Å²) >= 11 is 0. The molecule has 0 N–H and O–H groups in total. The molecule has 0 amide bonds. The number of nitrogens with zero attached hydrogens (tertiary/aromatic N) is 2. The van der Waals surface area contributed by atoms with E-state index >= 15 is 0 Å². The molecule has 0 aliphatic rings. The van der Waals surface area contributed by atoms with E-state index in [4.69, 9.17) is 4.74 Å². The Labute approximate surface area is 83.1 Å². The minimum Gasteiger partial charge on any atom is -0.462 e. The lowest BCUT2D eigenvalue weighted by atomic mass is 10.5. The van der Waals surface area contributed by atoms with Gasteiger partial charge in [0.1, 0.15) is 6.61 Å². The van der Waals surface area contributed by atoms with Crippen molar-refractivity contribution < 1.29 is 13.2 Å². The van der Waals surface area contributed by atoms with E-state index in [0.29, 0.717) is 0 Å². The van der Waals surface area contributed by atoms with Crippen molar-refractivity contribution in [1.29, 1.82) is 0 Å². The molecule has 14 heavy (non-hydrogen) atoms. The topological polar surface area (TPSA) is 69.2 Å². The van der Waals surface area contributed by atoms with Gasteiger partial charge in [0, 0.05) is 18.1 Å². The fourth-order valence-electron chi connectivity index (χ4n) is 0.780. The summed E-state index contributed by atoms with van der Waals surface area (Å²) in [6.45, 7) is 1.90. The maximum atomic E-state index is 10.8. The van der Waals surface area contributed by atoms with Crippen molar-refractivity contribution >= 4 is 9.84 Å². The van der Waals surface area contributed by atoms with Gasteiger partial charge in [0.25, 0.3) is 0 Å². The van der Waals surface area contributed by atoms with Crippen molar-refractivity contribution in [3.63, 3.8) is 0 Å². The van der Waals surface area contributed by atoms with Crippen molar-refractivity contribution in [2.75, 3.05) is 18.6 Å². The Bertz CT molecular complexity index is 403. The number of sulfone groups is 1. The molecule has 0 aromatic carbocycles. The average Bonchev–Trinajstić information content (AvgIpc) is 2.01. The van der Waals surface area contributed by atoms with E-state index in [1.807, 2.05) is 6.92 Å². The normalized spacial score (nSPS) is 11.3. The molecule has 6 heteroatoms. The summed E-state index contributed by atoms with van der Waals surface area (Å²) in [6, 6.07) is 1.96. The molecule has 0 saturated carbocycles. The predicted octanol–water partition coefficient (Wildman–Crippen LogP) is 0.208. The summed E-state index contributed by atoms with van der Waals surface area (Å²) in [5.41, 5.74) is 0.786. The second kappa shape index (κ2) is 4.36. The Hall–Kier alpha value is -1.17. The van der Waals surface area contributed by atoms with Gasteiger partial charge < -0.3 is 4.74 Å². The predicted molar refractivity (Wildman–Crippen MR) is 52.0 cm³/mol. The van der Waals surface area contributed by atoms with Gasteiger partial charge in [0.15, 0.2) is 9.84 Å². The van der Waals surface area contributed by atoms with Gasteiger partial charge in [-0.2, -0.15) is 0 Å². The van der Waals surface area contributed by atoms with Crippen molar-refractivity contribution in [2.24, 2.45) is 0 Å². The molecule has 0 fully saturated rings. The molecule has 78 valence electrons. The van der Waals surface area contributed by atoms with Crippen LogP contribution in [0.1, 0.15) is 5.69 Å². The van der Waals surface area contributed by atoms with Gasteiger partial charge in [-0.15, -0.1) is 0 Å². The van der Waals surface area contributed by atoms with Crippen LogP contribution in [0.3, 0.4) is 0 Å². The van der Waals surface area contributed by atoms with E-state index in [1.54, 1.807) is 12.3 Å². The first-order valence-corrected chi connectivity index (χ1v) is 6.13. The van der Waals surface area contributed by atoms with Crippen LogP contribution in [0.4, 0.5) is 0 Å². The SMILES string of the molecule is Cc1ccnc(OCCS(C)(=O)=O)n1. The summed E-state index contributed by atoms with van der Waals surface area (Å²) in [5.74, 6) is -0.0235. The number of rotatable bonds is 4. The highest BCUT2D eigenvalue weighted by molar-refractivity contribution is 7.90. The number of aryl methyl sites for hydroxylation is 1. The van der Waals surface area contributed by atoms with Crippen molar-refractivity contribution in [1.82, 2.24) is 9.97 Å². The lowest BCUT2D eigenvalue weighted by Gasteiger charge is -2.02. The van der Waals surface area contributed by atoms with Crippen LogP contribution < -0.4 is 4.74 Å². The molecule has 1 aromatic heterocycles. The first-order chi connectivity index (χ1) is 6.47. The van der Waals surface area contributed by atoms with Crippen LogP contribution in [0.2, 0.25) is 0 Å². The van der Waals surface area contributed by atoms with Crippen LogP contribution >= 0.6 is 0 Å². The third kappa shape index (κ3) is 4.18. The molecule has 0 radical (unpaired) electrons. The van der Waals surface area contributed by atoms with Crippen LogP contribution in [-0.2, 0) is 9.84 Å². The second-order valence-electron chi connectivity index (χ2n) is 2.96. The van der Waals surface area contributed by atoms with Crippen LogP contribution in [0, 0.1) is 6.92 Å². The lowest BCUT2D eigenvalue weighted by molar-refractivity contribution is 0.313. The molecule has 0 atom stereocenters. The zero-order valence-corrected chi connectivity index (χ0v) is 8.91. The third-order valence-corrected chi connectivity index (χ3v) is 2.37. The summed E-state index contributed by atoms with van der Waals surface area (Å²) < 4.78 is 26.6. The average molecular weight is 216 g/mol. The first-order valence-electron chi connectivity index (χ1n) is 4.07.